The van der Waals surface area contributed by atoms with Gasteiger partial charge in [0.15, 0.2) is 0 Å². The van der Waals surface area contributed by atoms with E-state index in [0.717, 1.165) is 14.8 Å². The van der Waals surface area contributed by atoms with Crippen molar-refractivity contribution in [2.24, 2.45) is 5.10 Å². The zero-order valence-electron chi connectivity index (χ0n) is 17.6. The normalized spacial score (nSPS) is 11.8. The molecule has 0 heterocycles. The molecular formula is C23H21Cl2N3O3S2. The Kier molecular flexibility index (Phi) is 8.94. The fourth-order valence-corrected chi connectivity index (χ4v) is 5.14. The molecule has 0 saturated carbocycles. The summed E-state index contributed by atoms with van der Waals surface area (Å²) in [6.07, 6.45) is 3.48. The Morgan fingerprint density at radius 2 is 1.76 bits per heavy atom. The van der Waals surface area contributed by atoms with Gasteiger partial charge in [0, 0.05) is 21.5 Å². The molecule has 0 aliphatic rings. The van der Waals surface area contributed by atoms with Crippen molar-refractivity contribution in [2.75, 3.05) is 12.8 Å². The van der Waals surface area contributed by atoms with E-state index in [9.17, 15) is 13.2 Å². The second kappa shape index (κ2) is 11.7. The van der Waals surface area contributed by atoms with E-state index in [0.29, 0.717) is 15.6 Å². The lowest BCUT2D eigenvalue weighted by molar-refractivity contribution is -0.121. The SMILES string of the molecule is CSc1ccc(/C=N\NC(=O)CN(Cc2ccc(Cl)cc2Cl)S(=O)(=O)c2ccccc2)cc1. The third kappa shape index (κ3) is 7.06. The Hall–Kier alpha value is -2.36. The molecule has 10 heteroatoms. The number of hydrazone groups is 1. The maximum absolute atomic E-state index is 13.2. The van der Waals surface area contributed by atoms with Crippen LogP contribution >= 0.6 is 35.0 Å². The Labute approximate surface area is 207 Å². The van der Waals surface area contributed by atoms with Crippen molar-refractivity contribution >= 4 is 57.1 Å². The second-order valence-electron chi connectivity index (χ2n) is 6.89. The average molecular weight is 522 g/mol. The van der Waals surface area contributed by atoms with Crippen molar-refractivity contribution < 1.29 is 13.2 Å². The van der Waals surface area contributed by atoms with E-state index < -0.39 is 22.5 Å². The van der Waals surface area contributed by atoms with E-state index in [1.165, 1.54) is 24.4 Å². The standard InChI is InChI=1S/C23H21Cl2N3O3S2/c1-32-20-11-7-17(8-12-20)14-26-27-23(29)16-28(15-18-9-10-19(24)13-22(18)25)33(30,31)21-5-3-2-4-6-21/h2-14H,15-16H2,1H3,(H,27,29)/b26-14-. The molecule has 0 unspecified atom stereocenters. The van der Waals surface area contributed by atoms with E-state index >= 15 is 0 Å². The number of carbonyl (C=O) groups is 1. The van der Waals surface area contributed by atoms with E-state index in [1.54, 1.807) is 42.1 Å². The van der Waals surface area contributed by atoms with Crippen LogP contribution in [0.2, 0.25) is 10.0 Å². The molecular weight excluding hydrogens is 501 g/mol. The predicted octanol–water partition coefficient (Wildman–Crippen LogP) is 5.06. The summed E-state index contributed by atoms with van der Waals surface area (Å²) in [5.41, 5.74) is 3.71. The molecule has 172 valence electrons. The molecule has 1 N–H and O–H groups in total. The van der Waals surface area contributed by atoms with Crippen molar-refractivity contribution in [3.05, 3.63) is 94.0 Å². The summed E-state index contributed by atoms with van der Waals surface area (Å²) in [5, 5.41) is 4.68. The summed E-state index contributed by atoms with van der Waals surface area (Å²) in [7, 11) is -3.98. The molecule has 3 rings (SSSR count). The van der Waals surface area contributed by atoms with Crippen molar-refractivity contribution in [3.63, 3.8) is 0 Å². The molecule has 0 radical (unpaired) electrons. The van der Waals surface area contributed by atoms with Crippen LogP contribution in [0.1, 0.15) is 11.1 Å². The van der Waals surface area contributed by atoms with Crippen molar-refractivity contribution in [3.8, 4) is 0 Å². The number of nitrogens with zero attached hydrogens (tertiary/aromatic N) is 2. The van der Waals surface area contributed by atoms with Crippen LogP contribution in [-0.2, 0) is 21.4 Å². The summed E-state index contributed by atoms with van der Waals surface area (Å²) in [6.45, 7) is -0.556. The molecule has 0 bridgehead atoms. The number of sulfonamides is 1. The van der Waals surface area contributed by atoms with Gasteiger partial charge in [-0.05, 0) is 53.8 Å². The highest BCUT2D eigenvalue weighted by molar-refractivity contribution is 7.98. The van der Waals surface area contributed by atoms with Gasteiger partial charge in [-0.15, -0.1) is 11.8 Å². The number of hydrogen-bond acceptors (Lipinski definition) is 5. The summed E-state index contributed by atoms with van der Waals surface area (Å²) in [6, 6.07) is 20.3. The fraction of sp³-hybridized carbons (Fsp3) is 0.130. The third-order valence-electron chi connectivity index (χ3n) is 4.58. The number of hydrogen-bond donors (Lipinski definition) is 1. The smallest absolute Gasteiger partial charge is 0.255 e. The molecule has 0 aliphatic heterocycles. The topological polar surface area (TPSA) is 78.8 Å². The Bertz CT molecular complexity index is 1240. The Morgan fingerprint density at radius 1 is 1.06 bits per heavy atom. The quantitative estimate of drug-likeness (QED) is 0.242. The third-order valence-corrected chi connectivity index (χ3v) is 7.72. The predicted molar refractivity (Wildman–Crippen MR) is 134 cm³/mol. The highest BCUT2D eigenvalue weighted by Gasteiger charge is 2.27. The van der Waals surface area contributed by atoms with Gasteiger partial charge in [0.25, 0.3) is 5.91 Å². The number of benzene rings is 3. The summed E-state index contributed by atoms with van der Waals surface area (Å²) in [5.74, 6) is -0.587. The maximum atomic E-state index is 13.2. The lowest BCUT2D eigenvalue weighted by Gasteiger charge is -2.22. The van der Waals surface area contributed by atoms with Gasteiger partial charge < -0.3 is 0 Å². The first-order valence-electron chi connectivity index (χ1n) is 9.74. The van der Waals surface area contributed by atoms with Crippen LogP contribution in [0.3, 0.4) is 0 Å². The first-order valence-corrected chi connectivity index (χ1v) is 13.2. The minimum Gasteiger partial charge on any atom is -0.272 e. The first kappa shape index (κ1) is 25.3. The van der Waals surface area contributed by atoms with Crippen molar-refractivity contribution in [1.29, 1.82) is 0 Å². The van der Waals surface area contributed by atoms with E-state index in [2.05, 4.69) is 10.5 Å². The highest BCUT2D eigenvalue weighted by Crippen LogP contribution is 2.25. The average Bonchev–Trinajstić information content (AvgIpc) is 2.81. The van der Waals surface area contributed by atoms with Gasteiger partial charge in [0.2, 0.25) is 10.0 Å². The Balaban J connectivity index is 1.78. The zero-order chi connectivity index (χ0) is 23.8. The van der Waals surface area contributed by atoms with Gasteiger partial charge in [-0.25, -0.2) is 13.8 Å². The number of amides is 1. The molecule has 33 heavy (non-hydrogen) atoms. The molecule has 0 atom stereocenters. The molecule has 1 amide bonds. The molecule has 6 nitrogen and oxygen atoms in total. The van der Waals surface area contributed by atoms with Crippen LogP contribution in [0.15, 0.2) is 87.7 Å². The van der Waals surface area contributed by atoms with E-state index in [4.69, 9.17) is 23.2 Å². The minimum absolute atomic E-state index is 0.0697. The zero-order valence-corrected chi connectivity index (χ0v) is 20.8. The molecule has 0 aliphatic carbocycles. The van der Waals surface area contributed by atoms with Crippen molar-refractivity contribution in [2.45, 2.75) is 16.3 Å². The van der Waals surface area contributed by atoms with Crippen LogP contribution in [0.5, 0.6) is 0 Å². The van der Waals surface area contributed by atoms with Crippen LogP contribution in [0.4, 0.5) is 0 Å². The first-order chi connectivity index (χ1) is 15.8. The van der Waals surface area contributed by atoms with Gasteiger partial charge in [-0.2, -0.15) is 9.41 Å². The van der Waals surface area contributed by atoms with E-state index in [-0.39, 0.29) is 11.4 Å². The number of thioether (sulfide) groups is 1. The summed E-state index contributed by atoms with van der Waals surface area (Å²) < 4.78 is 27.5. The number of carbonyl (C=O) groups excluding carboxylic acids is 1. The summed E-state index contributed by atoms with van der Waals surface area (Å²) in [4.78, 5) is 13.7. The largest absolute Gasteiger partial charge is 0.272 e. The van der Waals surface area contributed by atoms with E-state index in [1.807, 2.05) is 30.5 Å². The van der Waals surface area contributed by atoms with Gasteiger partial charge in [-0.3, -0.25) is 4.79 Å². The van der Waals surface area contributed by atoms with Gasteiger partial charge in [-0.1, -0.05) is 59.6 Å². The second-order valence-corrected chi connectivity index (χ2v) is 10.5. The minimum atomic E-state index is -3.98. The molecule has 0 fully saturated rings. The lowest BCUT2D eigenvalue weighted by Crippen LogP contribution is -2.39. The monoisotopic (exact) mass is 521 g/mol. The van der Waals surface area contributed by atoms with Crippen LogP contribution in [0, 0.1) is 0 Å². The van der Waals surface area contributed by atoms with Crippen LogP contribution in [0.25, 0.3) is 0 Å². The molecule has 0 aromatic heterocycles. The van der Waals surface area contributed by atoms with Gasteiger partial charge in [0.1, 0.15) is 0 Å². The van der Waals surface area contributed by atoms with Crippen LogP contribution < -0.4 is 5.43 Å². The van der Waals surface area contributed by atoms with Gasteiger partial charge >= 0.3 is 0 Å². The maximum Gasteiger partial charge on any atom is 0.255 e. The highest BCUT2D eigenvalue weighted by atomic mass is 35.5. The number of rotatable bonds is 9. The number of nitrogens with one attached hydrogen (secondary N) is 1. The van der Waals surface area contributed by atoms with Crippen molar-refractivity contribution in [1.82, 2.24) is 9.73 Å². The van der Waals surface area contributed by atoms with Crippen LogP contribution in [-0.4, -0.2) is 37.6 Å². The van der Waals surface area contributed by atoms with Gasteiger partial charge in [0.05, 0.1) is 17.7 Å². The molecule has 0 spiro atoms. The summed E-state index contributed by atoms with van der Waals surface area (Å²) >= 11 is 13.8. The molecule has 3 aromatic rings. The number of halogens is 2. The Morgan fingerprint density at radius 3 is 2.39 bits per heavy atom. The lowest BCUT2D eigenvalue weighted by atomic mass is 10.2. The molecule has 0 saturated heterocycles. The molecule has 3 aromatic carbocycles. The fourth-order valence-electron chi connectivity index (χ4n) is 2.87.